The minimum Gasteiger partial charge on any atom is -0.488 e. The molecule has 2 aliphatic heterocycles. The van der Waals surface area contributed by atoms with Gasteiger partial charge in [-0.15, -0.1) is 11.8 Å². The topological polar surface area (TPSA) is 21.3 Å². The number of hydrogen-bond donors (Lipinski definition) is 1. The summed E-state index contributed by atoms with van der Waals surface area (Å²) in [6, 6.07) is 10.3. The highest BCUT2D eigenvalue weighted by molar-refractivity contribution is 8.00. The molecular formula is C22H25Cl2NOS. The predicted octanol–water partition coefficient (Wildman–Crippen LogP) is 6.78. The van der Waals surface area contributed by atoms with Gasteiger partial charge in [-0.2, -0.15) is 0 Å². The molecular weight excluding hydrogens is 397 g/mol. The van der Waals surface area contributed by atoms with E-state index in [-0.39, 0.29) is 0 Å². The second-order valence-corrected chi connectivity index (χ2v) is 9.51. The van der Waals surface area contributed by atoms with Crippen LogP contribution in [0.25, 0.3) is 11.1 Å². The first-order chi connectivity index (χ1) is 13.1. The molecule has 0 spiro atoms. The van der Waals surface area contributed by atoms with E-state index in [4.69, 9.17) is 27.9 Å². The quantitative estimate of drug-likeness (QED) is 0.537. The lowest BCUT2D eigenvalue weighted by Gasteiger charge is -2.24. The van der Waals surface area contributed by atoms with Crippen LogP contribution in [0, 0.1) is 0 Å². The van der Waals surface area contributed by atoms with E-state index in [9.17, 15) is 0 Å². The molecule has 2 aliphatic rings. The molecule has 2 atom stereocenters. The summed E-state index contributed by atoms with van der Waals surface area (Å²) in [5, 5.41) is 5.48. The Morgan fingerprint density at radius 1 is 1.19 bits per heavy atom. The van der Waals surface area contributed by atoms with E-state index in [1.54, 1.807) is 0 Å². The van der Waals surface area contributed by atoms with E-state index >= 15 is 0 Å². The molecule has 1 N–H and O–H groups in total. The van der Waals surface area contributed by atoms with Gasteiger partial charge in [-0.1, -0.05) is 43.1 Å². The summed E-state index contributed by atoms with van der Waals surface area (Å²) in [4.78, 5) is 1.25. The second kappa shape index (κ2) is 8.24. The monoisotopic (exact) mass is 421 g/mol. The van der Waals surface area contributed by atoms with Gasteiger partial charge in [0.05, 0.1) is 4.90 Å². The Morgan fingerprint density at radius 2 is 2.00 bits per heavy atom. The molecule has 1 saturated heterocycles. The van der Waals surface area contributed by atoms with Gasteiger partial charge in [-0.05, 0) is 55.6 Å². The Bertz CT molecular complexity index is 837. The van der Waals surface area contributed by atoms with Crippen LogP contribution in [-0.2, 0) is 0 Å². The van der Waals surface area contributed by atoms with E-state index < -0.39 is 0 Å². The van der Waals surface area contributed by atoms with Crippen molar-refractivity contribution in [1.82, 2.24) is 5.32 Å². The van der Waals surface area contributed by atoms with Crippen molar-refractivity contribution >= 4 is 35.0 Å². The fourth-order valence-electron chi connectivity index (χ4n) is 4.06. The molecule has 0 saturated carbocycles. The van der Waals surface area contributed by atoms with Gasteiger partial charge in [0.2, 0.25) is 0 Å². The number of halogens is 2. The van der Waals surface area contributed by atoms with E-state index in [1.807, 2.05) is 30.0 Å². The van der Waals surface area contributed by atoms with Crippen LogP contribution < -0.4 is 10.1 Å². The molecule has 0 amide bonds. The van der Waals surface area contributed by atoms with Crippen LogP contribution in [0.1, 0.15) is 44.6 Å². The van der Waals surface area contributed by atoms with Crippen molar-refractivity contribution in [2.45, 2.75) is 55.3 Å². The van der Waals surface area contributed by atoms with Crippen molar-refractivity contribution in [2.24, 2.45) is 0 Å². The Balaban J connectivity index is 1.81. The average Bonchev–Trinajstić information content (AvgIpc) is 3.05. The number of piperidine rings is 1. The molecule has 1 fully saturated rings. The lowest BCUT2D eigenvalue weighted by molar-refractivity contribution is 0.169. The first-order valence-electron chi connectivity index (χ1n) is 9.78. The van der Waals surface area contributed by atoms with Gasteiger partial charge in [0.15, 0.2) is 0 Å². The number of hydrogen-bond acceptors (Lipinski definition) is 3. The van der Waals surface area contributed by atoms with Gasteiger partial charge >= 0.3 is 0 Å². The maximum absolute atomic E-state index is 6.53. The number of fused-ring (bicyclic) bond motifs is 3. The smallest absolute Gasteiger partial charge is 0.137 e. The summed E-state index contributed by atoms with van der Waals surface area (Å²) >= 11 is 14.6. The van der Waals surface area contributed by atoms with Crippen LogP contribution in [0.15, 0.2) is 35.2 Å². The SMILES string of the molecule is CCC(CC)Sc1cc(-c2ccc(Cl)cc2Cl)cc2c1OC1CCNCC21. The number of benzene rings is 2. The zero-order valence-corrected chi connectivity index (χ0v) is 18.1. The van der Waals surface area contributed by atoms with Gasteiger partial charge in [-0.25, -0.2) is 0 Å². The summed E-state index contributed by atoms with van der Waals surface area (Å²) in [7, 11) is 0. The van der Waals surface area contributed by atoms with Crippen LogP contribution >= 0.6 is 35.0 Å². The van der Waals surface area contributed by atoms with E-state index in [1.165, 1.54) is 10.5 Å². The summed E-state index contributed by atoms with van der Waals surface area (Å²) in [6.45, 7) is 6.52. The van der Waals surface area contributed by atoms with Crippen molar-refractivity contribution in [2.75, 3.05) is 13.1 Å². The summed E-state index contributed by atoms with van der Waals surface area (Å²) in [6.07, 6.45) is 3.65. The summed E-state index contributed by atoms with van der Waals surface area (Å²) in [5.41, 5.74) is 3.50. The minimum atomic E-state index is 0.290. The molecule has 144 valence electrons. The van der Waals surface area contributed by atoms with Crippen molar-refractivity contribution in [1.29, 1.82) is 0 Å². The van der Waals surface area contributed by atoms with Gasteiger partial charge in [0.25, 0.3) is 0 Å². The highest BCUT2D eigenvalue weighted by atomic mass is 35.5. The fourth-order valence-corrected chi connectivity index (χ4v) is 5.74. The molecule has 27 heavy (non-hydrogen) atoms. The number of ether oxygens (including phenoxy) is 1. The Morgan fingerprint density at radius 3 is 2.74 bits per heavy atom. The fraction of sp³-hybridized carbons (Fsp3) is 0.455. The van der Waals surface area contributed by atoms with Crippen LogP contribution in [0.2, 0.25) is 10.0 Å². The minimum absolute atomic E-state index is 0.290. The van der Waals surface area contributed by atoms with E-state index in [0.717, 1.165) is 49.2 Å². The third-order valence-electron chi connectivity index (χ3n) is 5.62. The standard InChI is InChI=1S/C22H25Cl2NOS/c1-3-15(4-2)27-21-10-13(16-6-5-14(23)11-19(16)24)9-17-18-12-25-8-7-20(18)26-22(17)21/h5-6,9-11,15,18,20,25H,3-4,7-8,12H2,1-2H3. The van der Waals surface area contributed by atoms with Gasteiger partial charge in [0.1, 0.15) is 11.9 Å². The molecule has 5 heteroatoms. The maximum atomic E-state index is 6.53. The first-order valence-corrected chi connectivity index (χ1v) is 11.4. The van der Waals surface area contributed by atoms with Crippen molar-refractivity contribution < 1.29 is 4.74 Å². The van der Waals surface area contributed by atoms with Crippen LogP contribution in [0.3, 0.4) is 0 Å². The lowest BCUT2D eigenvalue weighted by Crippen LogP contribution is -2.37. The lowest BCUT2D eigenvalue weighted by atomic mass is 9.89. The van der Waals surface area contributed by atoms with Crippen LogP contribution in [-0.4, -0.2) is 24.4 Å². The number of rotatable bonds is 5. The molecule has 4 rings (SSSR count). The average molecular weight is 422 g/mol. The molecule has 2 unspecified atom stereocenters. The Hall–Kier alpha value is -0.870. The second-order valence-electron chi connectivity index (χ2n) is 7.33. The number of thioether (sulfide) groups is 1. The Kier molecular flexibility index (Phi) is 5.94. The van der Waals surface area contributed by atoms with E-state index in [0.29, 0.717) is 27.3 Å². The highest BCUT2D eigenvalue weighted by Crippen LogP contribution is 2.49. The molecule has 0 aliphatic carbocycles. The molecule has 2 aromatic rings. The maximum Gasteiger partial charge on any atom is 0.137 e. The van der Waals surface area contributed by atoms with Gasteiger partial charge < -0.3 is 10.1 Å². The molecule has 0 aromatic heterocycles. The summed E-state index contributed by atoms with van der Waals surface area (Å²) in [5.74, 6) is 1.51. The molecule has 2 heterocycles. The van der Waals surface area contributed by atoms with Gasteiger partial charge in [0, 0.05) is 38.9 Å². The van der Waals surface area contributed by atoms with E-state index in [2.05, 4.69) is 31.3 Å². The van der Waals surface area contributed by atoms with Crippen LogP contribution in [0.5, 0.6) is 5.75 Å². The third kappa shape index (κ3) is 3.85. The molecule has 0 bridgehead atoms. The third-order valence-corrected chi connectivity index (χ3v) is 7.72. The van der Waals surface area contributed by atoms with Crippen molar-refractivity contribution in [3.05, 3.63) is 45.9 Å². The van der Waals surface area contributed by atoms with Crippen molar-refractivity contribution in [3.8, 4) is 16.9 Å². The molecule has 0 radical (unpaired) electrons. The predicted molar refractivity (Wildman–Crippen MR) is 117 cm³/mol. The van der Waals surface area contributed by atoms with Crippen LogP contribution in [0.4, 0.5) is 0 Å². The number of nitrogens with one attached hydrogen (secondary N) is 1. The summed E-state index contributed by atoms with van der Waals surface area (Å²) < 4.78 is 6.46. The van der Waals surface area contributed by atoms with Gasteiger partial charge in [-0.3, -0.25) is 0 Å². The van der Waals surface area contributed by atoms with Crippen molar-refractivity contribution in [3.63, 3.8) is 0 Å². The molecule has 2 aromatic carbocycles. The zero-order chi connectivity index (χ0) is 19.0. The highest BCUT2D eigenvalue weighted by Gasteiger charge is 2.38. The zero-order valence-electron chi connectivity index (χ0n) is 15.7. The normalized spacial score (nSPS) is 21.1. The molecule has 2 nitrogen and oxygen atoms in total. The Labute approximate surface area is 176 Å². The first kappa shape index (κ1) is 19.4. The largest absolute Gasteiger partial charge is 0.488 e.